The molecule has 5 heteroatoms. The van der Waals surface area contributed by atoms with Crippen LogP contribution in [0.2, 0.25) is 0 Å². The van der Waals surface area contributed by atoms with Crippen LogP contribution in [0.4, 0.5) is 0 Å². The summed E-state index contributed by atoms with van der Waals surface area (Å²) in [4.78, 5) is 23.2. The molecule has 1 aromatic rings. The summed E-state index contributed by atoms with van der Waals surface area (Å²) >= 11 is 0. The Morgan fingerprint density at radius 2 is 1.95 bits per heavy atom. The summed E-state index contributed by atoms with van der Waals surface area (Å²) in [5, 5.41) is 2.55. The van der Waals surface area contributed by atoms with Gasteiger partial charge in [-0.3, -0.25) is 9.59 Å². The lowest BCUT2D eigenvalue weighted by Gasteiger charge is -2.11. The van der Waals surface area contributed by atoms with Gasteiger partial charge in [-0.05, 0) is 12.0 Å². The van der Waals surface area contributed by atoms with Crippen LogP contribution in [0.3, 0.4) is 0 Å². The average Bonchev–Trinajstić information content (AvgIpc) is 2.52. The lowest BCUT2D eigenvalue weighted by atomic mass is 10.1. The van der Waals surface area contributed by atoms with E-state index in [0.717, 1.165) is 31.2 Å². The second kappa shape index (κ2) is 10.8. The Labute approximate surface area is 132 Å². The van der Waals surface area contributed by atoms with Gasteiger partial charge in [0, 0.05) is 12.5 Å². The predicted octanol–water partition coefficient (Wildman–Crippen LogP) is 2.14. The lowest BCUT2D eigenvalue weighted by Crippen LogP contribution is -2.35. The largest absolute Gasteiger partial charge is 0.460 e. The van der Waals surface area contributed by atoms with E-state index in [-0.39, 0.29) is 31.5 Å². The quantitative estimate of drug-likeness (QED) is 0.512. The molecular formula is C17H26N2O3. The smallest absolute Gasteiger partial charge is 0.325 e. The molecule has 0 aromatic heterocycles. The molecule has 0 spiro atoms. The highest BCUT2D eigenvalue weighted by Crippen LogP contribution is 2.04. The highest BCUT2D eigenvalue weighted by Gasteiger charge is 2.11. The Kier molecular flexibility index (Phi) is 8.91. The molecule has 0 aliphatic carbocycles. The van der Waals surface area contributed by atoms with Crippen LogP contribution in [0.1, 0.15) is 44.6 Å². The fraction of sp³-hybridized carbons (Fsp3) is 0.529. The minimum Gasteiger partial charge on any atom is -0.460 e. The number of carbonyl (C=O) groups is 2. The molecular weight excluding hydrogens is 280 g/mol. The molecule has 0 saturated heterocycles. The number of rotatable bonds is 10. The number of benzene rings is 1. The normalized spacial score (nSPS) is 11.7. The van der Waals surface area contributed by atoms with Crippen molar-refractivity contribution in [1.82, 2.24) is 5.32 Å². The molecule has 3 N–H and O–H groups in total. The molecule has 0 radical (unpaired) electrons. The number of nitrogens with one attached hydrogen (secondary N) is 1. The number of unbranched alkanes of at least 4 members (excludes halogenated alkanes) is 2. The average molecular weight is 306 g/mol. The molecule has 0 aliphatic heterocycles. The first-order valence-corrected chi connectivity index (χ1v) is 7.83. The molecule has 0 fully saturated rings. The van der Waals surface area contributed by atoms with Crippen LogP contribution < -0.4 is 11.1 Å². The number of ether oxygens (including phenoxy) is 1. The molecule has 1 rings (SSSR count). The zero-order valence-electron chi connectivity index (χ0n) is 13.2. The number of amides is 1. The number of hydrogen-bond donors (Lipinski definition) is 2. The Morgan fingerprint density at radius 3 is 2.64 bits per heavy atom. The maximum Gasteiger partial charge on any atom is 0.325 e. The van der Waals surface area contributed by atoms with Gasteiger partial charge < -0.3 is 15.8 Å². The van der Waals surface area contributed by atoms with Crippen LogP contribution in [0.25, 0.3) is 0 Å². The molecule has 0 bridgehead atoms. The first kappa shape index (κ1) is 18.2. The number of nitrogens with two attached hydrogens (primary N) is 1. The van der Waals surface area contributed by atoms with Crippen molar-refractivity contribution in [2.24, 2.45) is 5.73 Å². The minimum atomic E-state index is -0.447. The fourth-order valence-corrected chi connectivity index (χ4v) is 2.03. The molecule has 0 unspecified atom stereocenters. The minimum absolute atomic E-state index is 0.118. The molecule has 1 amide bonds. The molecule has 0 saturated carbocycles. The lowest BCUT2D eigenvalue weighted by molar-refractivity contribution is -0.145. The predicted molar refractivity (Wildman–Crippen MR) is 86.0 cm³/mol. The van der Waals surface area contributed by atoms with Gasteiger partial charge in [0.1, 0.15) is 13.2 Å². The summed E-state index contributed by atoms with van der Waals surface area (Å²) in [5.74, 6) is -0.655. The summed E-state index contributed by atoms with van der Waals surface area (Å²) in [6, 6.07) is 9.26. The van der Waals surface area contributed by atoms with Gasteiger partial charge in [0.25, 0.3) is 0 Å². The second-order valence-electron chi connectivity index (χ2n) is 5.38. The standard InChI is InChI=1S/C17H26N2O3/c1-2-3-5-10-15(18)11-16(20)19-12-17(21)22-13-14-8-6-4-7-9-14/h4,6-9,15H,2-3,5,10-13,18H2,1H3,(H,19,20)/t15-/m0/s1. The van der Waals surface area contributed by atoms with Crippen LogP contribution in [-0.4, -0.2) is 24.5 Å². The second-order valence-corrected chi connectivity index (χ2v) is 5.38. The topological polar surface area (TPSA) is 81.4 Å². The summed E-state index contributed by atoms with van der Waals surface area (Å²) in [6.07, 6.45) is 4.37. The van der Waals surface area contributed by atoms with Crippen molar-refractivity contribution in [3.63, 3.8) is 0 Å². The van der Waals surface area contributed by atoms with Gasteiger partial charge in [0.2, 0.25) is 5.91 Å². The van der Waals surface area contributed by atoms with Crippen LogP contribution >= 0.6 is 0 Å². The Morgan fingerprint density at radius 1 is 1.23 bits per heavy atom. The zero-order chi connectivity index (χ0) is 16.2. The van der Waals surface area contributed by atoms with Crippen LogP contribution in [0.15, 0.2) is 30.3 Å². The highest BCUT2D eigenvalue weighted by atomic mass is 16.5. The molecule has 5 nitrogen and oxygen atoms in total. The monoisotopic (exact) mass is 306 g/mol. The molecule has 122 valence electrons. The summed E-state index contributed by atoms with van der Waals surface area (Å²) < 4.78 is 5.08. The van der Waals surface area contributed by atoms with Gasteiger partial charge in [-0.2, -0.15) is 0 Å². The maximum atomic E-state index is 11.7. The van der Waals surface area contributed by atoms with Crippen molar-refractivity contribution in [2.45, 2.75) is 51.7 Å². The van der Waals surface area contributed by atoms with Crippen molar-refractivity contribution in [3.8, 4) is 0 Å². The van der Waals surface area contributed by atoms with E-state index in [4.69, 9.17) is 10.5 Å². The van der Waals surface area contributed by atoms with Gasteiger partial charge in [-0.25, -0.2) is 0 Å². The van der Waals surface area contributed by atoms with Crippen molar-refractivity contribution in [1.29, 1.82) is 0 Å². The Balaban J connectivity index is 2.13. The van der Waals surface area contributed by atoms with E-state index >= 15 is 0 Å². The molecule has 1 atom stereocenters. The Bertz CT molecular complexity index is 448. The SMILES string of the molecule is CCCCC[C@H](N)CC(=O)NCC(=O)OCc1ccccc1. The van der Waals surface area contributed by atoms with E-state index < -0.39 is 5.97 Å². The Hall–Kier alpha value is -1.88. The third-order valence-corrected chi connectivity index (χ3v) is 3.30. The molecule has 0 heterocycles. The number of hydrogen-bond acceptors (Lipinski definition) is 4. The summed E-state index contributed by atoms with van der Waals surface area (Å²) in [7, 11) is 0. The van der Waals surface area contributed by atoms with E-state index in [2.05, 4.69) is 12.2 Å². The van der Waals surface area contributed by atoms with E-state index in [1.807, 2.05) is 30.3 Å². The molecule has 1 aromatic carbocycles. The van der Waals surface area contributed by atoms with Crippen molar-refractivity contribution in [3.05, 3.63) is 35.9 Å². The zero-order valence-corrected chi connectivity index (χ0v) is 13.2. The number of carbonyl (C=O) groups excluding carboxylic acids is 2. The van der Waals surface area contributed by atoms with Gasteiger partial charge in [-0.15, -0.1) is 0 Å². The van der Waals surface area contributed by atoms with Crippen LogP contribution in [0, 0.1) is 0 Å². The fourth-order valence-electron chi connectivity index (χ4n) is 2.03. The van der Waals surface area contributed by atoms with E-state index in [0.29, 0.717) is 0 Å². The van der Waals surface area contributed by atoms with Crippen molar-refractivity contribution in [2.75, 3.05) is 6.54 Å². The third-order valence-electron chi connectivity index (χ3n) is 3.30. The van der Waals surface area contributed by atoms with E-state index in [1.165, 1.54) is 0 Å². The highest BCUT2D eigenvalue weighted by molar-refractivity contribution is 5.82. The molecule has 22 heavy (non-hydrogen) atoms. The summed E-state index contributed by atoms with van der Waals surface area (Å²) in [6.45, 7) is 2.22. The van der Waals surface area contributed by atoms with Crippen LogP contribution in [0.5, 0.6) is 0 Å². The third kappa shape index (κ3) is 8.42. The van der Waals surface area contributed by atoms with Gasteiger partial charge in [0.15, 0.2) is 0 Å². The summed E-state index contributed by atoms with van der Waals surface area (Å²) in [5.41, 5.74) is 6.80. The first-order valence-electron chi connectivity index (χ1n) is 7.83. The van der Waals surface area contributed by atoms with Gasteiger partial charge in [0.05, 0.1) is 0 Å². The maximum absolute atomic E-state index is 11.7. The number of esters is 1. The molecule has 0 aliphatic rings. The van der Waals surface area contributed by atoms with Crippen molar-refractivity contribution >= 4 is 11.9 Å². The van der Waals surface area contributed by atoms with Crippen molar-refractivity contribution < 1.29 is 14.3 Å². The first-order chi connectivity index (χ1) is 10.6. The van der Waals surface area contributed by atoms with Gasteiger partial charge >= 0.3 is 5.97 Å². The van der Waals surface area contributed by atoms with E-state index in [9.17, 15) is 9.59 Å². The van der Waals surface area contributed by atoms with E-state index in [1.54, 1.807) is 0 Å². The van der Waals surface area contributed by atoms with Crippen LogP contribution in [-0.2, 0) is 20.9 Å². The van der Waals surface area contributed by atoms with Gasteiger partial charge in [-0.1, -0.05) is 56.5 Å².